The SMILES string of the molecule is Cc1cccc(N2CCN([C@@H](c3ccc(Cl)cc3)c3nnnn3C(C)C)CC2)c1C. The van der Waals surface area contributed by atoms with Gasteiger partial charge in [-0.25, -0.2) is 4.68 Å². The number of nitrogens with zero attached hydrogens (tertiary/aromatic N) is 6. The summed E-state index contributed by atoms with van der Waals surface area (Å²) in [4.78, 5) is 4.97. The van der Waals surface area contributed by atoms with Crippen LogP contribution in [0.4, 0.5) is 5.69 Å². The summed E-state index contributed by atoms with van der Waals surface area (Å²) in [6.45, 7) is 12.4. The molecule has 0 N–H and O–H groups in total. The zero-order valence-corrected chi connectivity index (χ0v) is 18.8. The summed E-state index contributed by atoms with van der Waals surface area (Å²) in [6, 6.07) is 14.8. The number of hydrogen-bond acceptors (Lipinski definition) is 5. The quantitative estimate of drug-likeness (QED) is 0.606. The first-order chi connectivity index (χ1) is 14.5. The topological polar surface area (TPSA) is 50.1 Å². The summed E-state index contributed by atoms with van der Waals surface area (Å²) in [7, 11) is 0. The second-order valence-corrected chi connectivity index (χ2v) is 8.71. The fraction of sp³-hybridized carbons (Fsp3) is 0.435. The average Bonchev–Trinajstić information content (AvgIpc) is 3.22. The number of aryl methyl sites for hydroxylation is 1. The molecule has 0 amide bonds. The standard InChI is InChI=1S/C23H29ClN6/c1-16(2)30-23(25-26-27-30)22(19-8-10-20(24)11-9-19)29-14-12-28(13-15-29)21-7-5-6-17(3)18(21)4/h5-11,16,22H,12-15H2,1-4H3/t22-/m0/s1. The Labute approximate surface area is 183 Å². The van der Waals surface area contributed by atoms with Gasteiger partial charge in [0.15, 0.2) is 5.82 Å². The molecule has 1 aromatic heterocycles. The molecule has 6 nitrogen and oxygen atoms in total. The van der Waals surface area contributed by atoms with E-state index in [0.717, 1.165) is 42.6 Å². The first-order valence-electron chi connectivity index (χ1n) is 10.5. The van der Waals surface area contributed by atoms with E-state index >= 15 is 0 Å². The molecule has 1 saturated heterocycles. The summed E-state index contributed by atoms with van der Waals surface area (Å²) in [6.07, 6.45) is 0. The minimum absolute atomic E-state index is 0.000392. The molecule has 1 atom stereocenters. The highest BCUT2D eigenvalue weighted by atomic mass is 35.5. The second-order valence-electron chi connectivity index (χ2n) is 8.27. The van der Waals surface area contributed by atoms with Gasteiger partial charge >= 0.3 is 0 Å². The maximum absolute atomic E-state index is 6.16. The van der Waals surface area contributed by atoms with E-state index in [1.54, 1.807) is 0 Å². The predicted octanol–water partition coefficient (Wildman–Crippen LogP) is 4.44. The minimum Gasteiger partial charge on any atom is -0.369 e. The van der Waals surface area contributed by atoms with Crippen molar-refractivity contribution < 1.29 is 0 Å². The van der Waals surface area contributed by atoms with Crippen molar-refractivity contribution >= 4 is 17.3 Å². The normalized spacial score (nSPS) is 16.3. The van der Waals surface area contributed by atoms with E-state index < -0.39 is 0 Å². The van der Waals surface area contributed by atoms with Gasteiger partial charge in [0.25, 0.3) is 0 Å². The third-order valence-corrected chi connectivity index (χ3v) is 6.29. The van der Waals surface area contributed by atoms with Crippen molar-refractivity contribution in [1.29, 1.82) is 0 Å². The van der Waals surface area contributed by atoms with Crippen molar-refractivity contribution in [3.63, 3.8) is 0 Å². The number of halogens is 1. The van der Waals surface area contributed by atoms with Crippen LogP contribution in [0.25, 0.3) is 0 Å². The Bertz CT molecular complexity index is 989. The Balaban J connectivity index is 1.62. The maximum atomic E-state index is 6.16. The monoisotopic (exact) mass is 424 g/mol. The summed E-state index contributed by atoms with van der Waals surface area (Å²) >= 11 is 6.16. The third-order valence-electron chi connectivity index (χ3n) is 6.03. The van der Waals surface area contributed by atoms with Gasteiger partial charge in [0.1, 0.15) is 0 Å². The number of piperazine rings is 1. The summed E-state index contributed by atoms with van der Waals surface area (Å²) in [5.41, 5.74) is 5.20. The van der Waals surface area contributed by atoms with Crippen molar-refractivity contribution in [2.75, 3.05) is 31.1 Å². The molecule has 0 spiro atoms. The van der Waals surface area contributed by atoms with E-state index in [0.29, 0.717) is 0 Å². The molecular weight excluding hydrogens is 396 g/mol. The highest BCUT2D eigenvalue weighted by molar-refractivity contribution is 6.30. The van der Waals surface area contributed by atoms with Crippen molar-refractivity contribution in [2.24, 2.45) is 0 Å². The lowest BCUT2D eigenvalue weighted by Crippen LogP contribution is -2.48. The number of benzene rings is 2. The molecule has 4 rings (SSSR count). The van der Waals surface area contributed by atoms with Gasteiger partial charge < -0.3 is 4.90 Å². The molecule has 1 aliphatic rings. The summed E-state index contributed by atoms with van der Waals surface area (Å²) < 4.78 is 1.93. The number of anilines is 1. The lowest BCUT2D eigenvalue weighted by molar-refractivity contribution is 0.199. The van der Waals surface area contributed by atoms with Crippen LogP contribution in [0.5, 0.6) is 0 Å². The molecule has 2 heterocycles. The second kappa shape index (κ2) is 8.74. The van der Waals surface area contributed by atoms with Gasteiger partial charge in [-0.1, -0.05) is 35.9 Å². The number of aromatic nitrogens is 4. The molecule has 30 heavy (non-hydrogen) atoms. The van der Waals surface area contributed by atoms with Crippen LogP contribution in [0.1, 0.15) is 48.4 Å². The molecule has 0 saturated carbocycles. The molecule has 0 unspecified atom stereocenters. The number of rotatable bonds is 5. The van der Waals surface area contributed by atoms with Crippen molar-refractivity contribution in [1.82, 2.24) is 25.1 Å². The van der Waals surface area contributed by atoms with E-state index in [1.807, 2.05) is 16.8 Å². The van der Waals surface area contributed by atoms with Crippen LogP contribution in [0, 0.1) is 13.8 Å². The average molecular weight is 425 g/mol. The molecule has 1 aliphatic heterocycles. The van der Waals surface area contributed by atoms with E-state index in [2.05, 4.69) is 83.4 Å². The first-order valence-corrected chi connectivity index (χ1v) is 10.9. The largest absolute Gasteiger partial charge is 0.369 e. The van der Waals surface area contributed by atoms with Gasteiger partial charge in [0.05, 0.1) is 12.1 Å². The summed E-state index contributed by atoms with van der Waals surface area (Å²) in [5.74, 6) is 0.882. The molecule has 7 heteroatoms. The van der Waals surface area contributed by atoms with Crippen LogP contribution in [0.3, 0.4) is 0 Å². The Morgan fingerprint density at radius 3 is 2.30 bits per heavy atom. The van der Waals surface area contributed by atoms with Gasteiger partial charge in [-0.05, 0) is 73.0 Å². The van der Waals surface area contributed by atoms with Crippen LogP contribution < -0.4 is 4.90 Å². The third kappa shape index (κ3) is 4.07. The maximum Gasteiger partial charge on any atom is 0.173 e. The van der Waals surface area contributed by atoms with Gasteiger partial charge in [0.2, 0.25) is 0 Å². The lowest BCUT2D eigenvalue weighted by Gasteiger charge is -2.40. The van der Waals surface area contributed by atoms with E-state index in [-0.39, 0.29) is 12.1 Å². The summed E-state index contributed by atoms with van der Waals surface area (Å²) in [5, 5.41) is 13.4. The molecule has 0 aliphatic carbocycles. The number of tetrazole rings is 1. The Morgan fingerprint density at radius 1 is 0.933 bits per heavy atom. The molecule has 2 aromatic carbocycles. The van der Waals surface area contributed by atoms with Crippen LogP contribution in [0.2, 0.25) is 5.02 Å². The molecule has 1 fully saturated rings. The van der Waals surface area contributed by atoms with Crippen LogP contribution in [-0.4, -0.2) is 51.3 Å². The Morgan fingerprint density at radius 2 is 1.63 bits per heavy atom. The van der Waals surface area contributed by atoms with Crippen LogP contribution in [0.15, 0.2) is 42.5 Å². The fourth-order valence-electron chi connectivity index (χ4n) is 4.22. The first kappa shape index (κ1) is 20.8. The zero-order valence-electron chi connectivity index (χ0n) is 18.1. The van der Waals surface area contributed by atoms with E-state index in [4.69, 9.17) is 11.6 Å². The van der Waals surface area contributed by atoms with E-state index in [9.17, 15) is 0 Å². The van der Waals surface area contributed by atoms with Crippen LogP contribution in [-0.2, 0) is 0 Å². The van der Waals surface area contributed by atoms with Crippen molar-refractivity contribution in [2.45, 2.75) is 39.8 Å². The minimum atomic E-state index is 0.000392. The smallest absolute Gasteiger partial charge is 0.173 e. The molecular formula is C23H29ClN6. The van der Waals surface area contributed by atoms with Gasteiger partial charge in [-0.15, -0.1) is 5.10 Å². The highest BCUT2D eigenvalue weighted by Gasteiger charge is 2.31. The van der Waals surface area contributed by atoms with Gasteiger partial charge in [-0.2, -0.15) is 0 Å². The Kier molecular flexibility index (Phi) is 6.06. The Hall–Kier alpha value is -2.44. The van der Waals surface area contributed by atoms with E-state index in [1.165, 1.54) is 16.8 Å². The molecule has 158 valence electrons. The van der Waals surface area contributed by atoms with Crippen LogP contribution >= 0.6 is 11.6 Å². The van der Waals surface area contributed by atoms with Gasteiger partial charge in [0, 0.05) is 36.9 Å². The van der Waals surface area contributed by atoms with Crippen molar-refractivity contribution in [3.05, 3.63) is 70.0 Å². The van der Waals surface area contributed by atoms with Crippen molar-refractivity contribution in [3.8, 4) is 0 Å². The molecule has 0 bridgehead atoms. The predicted molar refractivity (Wildman–Crippen MR) is 121 cm³/mol. The fourth-order valence-corrected chi connectivity index (χ4v) is 4.34. The lowest BCUT2D eigenvalue weighted by atomic mass is 10.0. The van der Waals surface area contributed by atoms with Gasteiger partial charge in [-0.3, -0.25) is 4.90 Å². The number of hydrogen-bond donors (Lipinski definition) is 0. The highest BCUT2D eigenvalue weighted by Crippen LogP contribution is 2.31. The molecule has 3 aromatic rings. The zero-order chi connectivity index (χ0) is 21.3. The molecule has 0 radical (unpaired) electrons.